The third kappa shape index (κ3) is 3.92. The van der Waals surface area contributed by atoms with E-state index in [-0.39, 0.29) is 5.56 Å². The predicted octanol–water partition coefficient (Wildman–Crippen LogP) is 3.66. The number of nitrogens with zero attached hydrogens (tertiary/aromatic N) is 1. The molecule has 0 N–H and O–H groups in total. The highest BCUT2D eigenvalue weighted by atomic mass is 16.5. The highest BCUT2D eigenvalue weighted by Crippen LogP contribution is 2.28. The van der Waals surface area contributed by atoms with Crippen molar-refractivity contribution in [2.75, 3.05) is 27.2 Å². The molecule has 20 heavy (non-hydrogen) atoms. The van der Waals surface area contributed by atoms with Gasteiger partial charge in [-0.15, -0.1) is 0 Å². The molecule has 2 heteroatoms. The SMILES string of the molecule is [2H]c1c([2H])c([2H])c(C([2H])(OCC([2H])([2H])N(C)C)c2ccccc2)c(C([2H])([2H])[2H])c1[2H]. The summed E-state index contributed by atoms with van der Waals surface area (Å²) in [4.78, 5) is 1.23. The summed E-state index contributed by atoms with van der Waals surface area (Å²) < 4.78 is 86.7. The molecule has 2 rings (SSSR count). The first-order chi connectivity index (χ1) is 13.6. The zero-order chi connectivity index (χ0) is 23.1. The lowest BCUT2D eigenvalue weighted by molar-refractivity contribution is 0.0683. The molecule has 0 aliphatic carbocycles. The molecule has 0 saturated carbocycles. The van der Waals surface area contributed by atoms with Crippen LogP contribution in [0.4, 0.5) is 0 Å². The lowest BCUT2D eigenvalue weighted by Crippen LogP contribution is -2.20. The van der Waals surface area contributed by atoms with Gasteiger partial charge >= 0.3 is 0 Å². The molecule has 1 unspecified atom stereocenters. The second-order valence-corrected chi connectivity index (χ2v) is 4.29. The molecule has 0 spiro atoms. The number of likely N-dealkylation sites (N-methyl/N-ethyl adjacent to an activating group) is 1. The largest absolute Gasteiger partial charge is 0.367 e. The molecule has 2 aromatic rings. The van der Waals surface area contributed by atoms with Gasteiger partial charge in [-0.2, -0.15) is 0 Å². The molecule has 2 aromatic carbocycles. The van der Waals surface area contributed by atoms with Gasteiger partial charge in [0.05, 0.1) is 13.5 Å². The first-order valence-corrected chi connectivity index (χ1v) is 6.13. The van der Waals surface area contributed by atoms with E-state index in [1.165, 1.54) is 31.1 Å². The summed E-state index contributed by atoms with van der Waals surface area (Å²) in [6.07, 6.45) is -2.40. The molecule has 1 atom stereocenters. The third-order valence-corrected chi connectivity index (χ3v) is 2.55. The van der Waals surface area contributed by atoms with Crippen molar-refractivity contribution in [3.63, 3.8) is 0 Å². The molecule has 0 radical (unpaired) electrons. The monoisotopic (exact) mass is 279 g/mol. The van der Waals surface area contributed by atoms with E-state index in [0.29, 0.717) is 0 Å². The van der Waals surface area contributed by atoms with Crippen molar-refractivity contribution in [1.29, 1.82) is 0 Å². The van der Waals surface area contributed by atoms with Crippen LogP contribution in [0.1, 0.15) is 36.5 Å². The van der Waals surface area contributed by atoms with Crippen molar-refractivity contribution in [2.24, 2.45) is 0 Å². The minimum atomic E-state index is -2.96. The van der Waals surface area contributed by atoms with Crippen LogP contribution >= 0.6 is 0 Å². The quantitative estimate of drug-likeness (QED) is 0.800. The molecule has 106 valence electrons. The van der Waals surface area contributed by atoms with Crippen LogP contribution in [-0.2, 0) is 4.74 Å². The smallest absolute Gasteiger partial charge is 0.108 e. The van der Waals surface area contributed by atoms with Crippen LogP contribution in [0.5, 0.6) is 0 Å². The average molecular weight is 279 g/mol. The molecule has 0 heterocycles. The molecular formula is C18H23NO. The van der Waals surface area contributed by atoms with E-state index in [0.717, 1.165) is 0 Å². The second kappa shape index (κ2) is 7.22. The standard InChI is InChI=1S/C18H23NO/c1-15-9-7-8-12-17(15)18(20-14-13-19(2)3)16-10-5-4-6-11-16/h4-12,18H,13-14H2,1-3H3/i1D3,7D,8D,9D,12D,13D2,18D. The third-order valence-electron chi connectivity index (χ3n) is 2.55. The molecular weight excluding hydrogens is 246 g/mol. The zero-order valence-corrected chi connectivity index (χ0v) is 11.4. The van der Waals surface area contributed by atoms with Crippen LogP contribution in [0, 0.1) is 6.85 Å². The molecule has 0 fully saturated rings. The summed E-state index contributed by atoms with van der Waals surface area (Å²) in [6.45, 7) is -5.63. The summed E-state index contributed by atoms with van der Waals surface area (Å²) in [5, 5.41) is 0. The summed E-state index contributed by atoms with van der Waals surface area (Å²) in [7, 11) is 2.94. The van der Waals surface area contributed by atoms with E-state index >= 15 is 0 Å². The first kappa shape index (κ1) is 6.42. The highest BCUT2D eigenvalue weighted by molar-refractivity contribution is 5.35. The molecule has 2 nitrogen and oxygen atoms in total. The van der Waals surface area contributed by atoms with Gasteiger partial charge in [0.2, 0.25) is 0 Å². The van der Waals surface area contributed by atoms with Gasteiger partial charge in [0.1, 0.15) is 6.08 Å². The summed E-state index contributed by atoms with van der Waals surface area (Å²) >= 11 is 0. The van der Waals surface area contributed by atoms with Crippen molar-refractivity contribution >= 4 is 0 Å². The molecule has 0 bridgehead atoms. The lowest BCUT2D eigenvalue weighted by Gasteiger charge is -2.22. The summed E-state index contributed by atoms with van der Waals surface area (Å²) in [6, 6.07) is 4.81. The maximum absolute atomic E-state index is 9.04. The van der Waals surface area contributed by atoms with Crippen LogP contribution in [0.2, 0.25) is 0 Å². The van der Waals surface area contributed by atoms with Gasteiger partial charge in [-0.3, -0.25) is 0 Å². The topological polar surface area (TPSA) is 12.5 Å². The van der Waals surface area contributed by atoms with E-state index in [2.05, 4.69) is 0 Å². The van der Waals surface area contributed by atoms with E-state index in [4.69, 9.17) is 18.4 Å². The Kier molecular flexibility index (Phi) is 2.32. The average Bonchev–Trinajstić information content (AvgIpc) is 2.66. The molecule has 0 aliphatic rings. The minimum Gasteiger partial charge on any atom is -0.367 e. The van der Waals surface area contributed by atoms with Gasteiger partial charge in [-0.05, 0) is 37.6 Å². The normalized spacial score (nSPS) is 22.8. The Morgan fingerprint density at radius 2 is 2.05 bits per heavy atom. The van der Waals surface area contributed by atoms with Crippen molar-refractivity contribution in [3.8, 4) is 0 Å². The Morgan fingerprint density at radius 1 is 1.30 bits per heavy atom. The zero-order valence-electron chi connectivity index (χ0n) is 21.4. The summed E-state index contributed by atoms with van der Waals surface area (Å²) in [5.74, 6) is 0. The van der Waals surface area contributed by atoms with Crippen molar-refractivity contribution in [1.82, 2.24) is 4.90 Å². The van der Waals surface area contributed by atoms with Crippen molar-refractivity contribution in [3.05, 3.63) is 71.2 Å². The lowest BCUT2D eigenvalue weighted by atomic mass is 9.97. The number of ether oxygens (including phenoxy) is 1. The molecule has 0 amide bonds. The Labute approximate surface area is 136 Å². The Balaban J connectivity index is 2.87. The number of hydrogen-bond acceptors (Lipinski definition) is 2. The van der Waals surface area contributed by atoms with Crippen LogP contribution < -0.4 is 0 Å². The van der Waals surface area contributed by atoms with Gasteiger partial charge in [-0.25, -0.2) is 0 Å². The fourth-order valence-corrected chi connectivity index (χ4v) is 1.61. The maximum atomic E-state index is 9.04. The fraction of sp³-hybridized carbons (Fsp3) is 0.333. The van der Waals surface area contributed by atoms with E-state index in [9.17, 15) is 0 Å². The maximum Gasteiger partial charge on any atom is 0.108 e. The molecule has 0 aromatic heterocycles. The van der Waals surface area contributed by atoms with Crippen LogP contribution in [0.3, 0.4) is 0 Å². The minimum absolute atomic E-state index is 0.107. The number of benzene rings is 2. The Bertz CT molecular complexity index is 914. The van der Waals surface area contributed by atoms with Crippen molar-refractivity contribution < 1.29 is 18.4 Å². The predicted molar refractivity (Wildman–Crippen MR) is 84.0 cm³/mol. The van der Waals surface area contributed by atoms with Gasteiger partial charge in [0, 0.05) is 13.4 Å². The second-order valence-electron chi connectivity index (χ2n) is 4.29. The first-order valence-electron chi connectivity index (χ1n) is 11.1. The van der Waals surface area contributed by atoms with Gasteiger partial charge in [0.25, 0.3) is 0 Å². The van der Waals surface area contributed by atoms with E-state index < -0.39 is 61.3 Å². The molecule has 0 saturated heterocycles. The van der Waals surface area contributed by atoms with E-state index in [1.54, 1.807) is 18.2 Å². The highest BCUT2D eigenvalue weighted by Gasteiger charge is 2.16. The number of rotatable bonds is 6. The fourth-order valence-electron chi connectivity index (χ4n) is 1.61. The van der Waals surface area contributed by atoms with Gasteiger partial charge in [0.15, 0.2) is 0 Å². The van der Waals surface area contributed by atoms with Crippen LogP contribution in [0.15, 0.2) is 54.5 Å². The molecule has 0 aliphatic heterocycles. The number of hydrogen-bond donors (Lipinski definition) is 0. The van der Waals surface area contributed by atoms with E-state index in [1.807, 2.05) is 0 Å². The Morgan fingerprint density at radius 3 is 2.75 bits per heavy atom. The van der Waals surface area contributed by atoms with Crippen molar-refractivity contribution in [2.45, 2.75) is 12.9 Å². The Hall–Kier alpha value is -1.64. The summed E-state index contributed by atoms with van der Waals surface area (Å²) in [5.41, 5.74) is -1.18. The van der Waals surface area contributed by atoms with Crippen LogP contribution in [-0.4, -0.2) is 32.1 Å². The van der Waals surface area contributed by atoms with Gasteiger partial charge in [-0.1, -0.05) is 54.5 Å². The van der Waals surface area contributed by atoms with Gasteiger partial charge < -0.3 is 9.64 Å². The van der Waals surface area contributed by atoms with Crippen LogP contribution in [0.25, 0.3) is 0 Å².